The predicted molar refractivity (Wildman–Crippen MR) is 138 cm³/mol. The van der Waals surface area contributed by atoms with Crippen molar-refractivity contribution in [1.82, 2.24) is 19.7 Å². The highest BCUT2D eigenvalue weighted by atomic mass is 35.5. The molecule has 0 amide bonds. The molecule has 2 heterocycles. The lowest BCUT2D eigenvalue weighted by Crippen LogP contribution is -2.38. The quantitative estimate of drug-likeness (QED) is 0.351. The van der Waals surface area contributed by atoms with Gasteiger partial charge in [0.1, 0.15) is 18.3 Å². The molecule has 0 spiro atoms. The van der Waals surface area contributed by atoms with Gasteiger partial charge in [-0.1, -0.05) is 42.3 Å². The molecule has 0 aliphatic carbocycles. The first-order valence-corrected chi connectivity index (χ1v) is 12.3. The molecule has 0 saturated carbocycles. The van der Waals surface area contributed by atoms with Gasteiger partial charge in [0.05, 0.1) is 17.0 Å². The number of rotatable bonds is 6. The number of hydrogen-bond donors (Lipinski definition) is 1. The molecule has 1 N–H and O–H groups in total. The Bertz CT molecular complexity index is 1400. The van der Waals surface area contributed by atoms with Gasteiger partial charge in [0.25, 0.3) is 0 Å². The molecule has 4 rings (SSSR count). The third-order valence-corrected chi connectivity index (χ3v) is 7.20. The molecular weight excluding hydrogens is 542 g/mol. The lowest BCUT2D eigenvalue weighted by atomic mass is 9.80. The van der Waals surface area contributed by atoms with Crippen LogP contribution in [0.3, 0.4) is 0 Å². The second-order valence-electron chi connectivity index (χ2n) is 7.73. The number of aliphatic hydroxyl groups is 1. The Morgan fingerprint density at radius 2 is 1.82 bits per heavy atom. The molecule has 2 unspecified atom stereocenters. The number of fused-ring (bicyclic) bond motifs is 1. The fourth-order valence-corrected chi connectivity index (χ4v) is 4.92. The number of benzene rings is 2. The van der Waals surface area contributed by atoms with Crippen molar-refractivity contribution in [2.75, 3.05) is 6.26 Å². The van der Waals surface area contributed by atoms with E-state index >= 15 is 0 Å². The third-order valence-electron chi connectivity index (χ3n) is 5.54. The normalized spacial score (nSPS) is 14.0. The lowest BCUT2D eigenvalue weighted by Gasteiger charge is -2.35. The summed E-state index contributed by atoms with van der Waals surface area (Å²) in [5, 5.41) is 17.5. The zero-order valence-corrected chi connectivity index (χ0v) is 22.1. The van der Waals surface area contributed by atoms with Crippen LogP contribution in [0.15, 0.2) is 66.1 Å². The average molecular weight is 564 g/mol. The van der Waals surface area contributed by atoms with Crippen molar-refractivity contribution in [3.63, 3.8) is 0 Å². The molecule has 182 valence electrons. The van der Waals surface area contributed by atoms with E-state index in [0.717, 1.165) is 6.26 Å². The van der Waals surface area contributed by atoms with Crippen molar-refractivity contribution in [3.05, 3.63) is 82.5 Å². The van der Waals surface area contributed by atoms with Gasteiger partial charge < -0.3 is 5.11 Å². The molecule has 7 nitrogen and oxygen atoms in total. The molecule has 12 heteroatoms. The minimum Gasteiger partial charge on any atom is -0.382 e. The minimum atomic E-state index is -3.33. The summed E-state index contributed by atoms with van der Waals surface area (Å²) in [6.07, 6.45) is 4.07. The maximum atomic E-state index is 11.9. The number of pyridine rings is 1. The van der Waals surface area contributed by atoms with E-state index in [1.54, 1.807) is 42.5 Å². The summed E-state index contributed by atoms with van der Waals surface area (Å²) in [6, 6.07) is 13.3. The topological polar surface area (TPSA) is 98.0 Å². The zero-order chi connectivity index (χ0) is 23.1. The highest BCUT2D eigenvalue weighted by Gasteiger charge is 2.40. The molecule has 0 fully saturated rings. The van der Waals surface area contributed by atoms with Gasteiger partial charge >= 0.3 is 0 Å². The summed E-state index contributed by atoms with van der Waals surface area (Å²) < 4.78 is 25.2. The van der Waals surface area contributed by atoms with Gasteiger partial charge in [-0.2, -0.15) is 5.10 Å². The van der Waals surface area contributed by atoms with E-state index in [1.165, 1.54) is 23.4 Å². The Labute approximate surface area is 219 Å². The van der Waals surface area contributed by atoms with Crippen LogP contribution in [0.1, 0.15) is 24.1 Å². The zero-order valence-electron chi connectivity index (χ0n) is 18.1. The lowest BCUT2D eigenvalue weighted by molar-refractivity contribution is -0.00894. The molecule has 2 aromatic heterocycles. The van der Waals surface area contributed by atoms with Gasteiger partial charge in [0.2, 0.25) is 0 Å². The Kier molecular flexibility index (Phi) is 8.96. The third kappa shape index (κ3) is 5.64. The highest BCUT2D eigenvalue weighted by molar-refractivity contribution is 7.90. The molecule has 0 radical (unpaired) electrons. The van der Waals surface area contributed by atoms with E-state index in [-0.39, 0.29) is 36.3 Å². The average Bonchev–Trinajstić information content (AvgIpc) is 3.24. The molecule has 2 aromatic carbocycles. The van der Waals surface area contributed by atoms with E-state index in [9.17, 15) is 13.5 Å². The number of halogens is 4. The smallest absolute Gasteiger partial charge is 0.175 e. The van der Waals surface area contributed by atoms with E-state index < -0.39 is 21.4 Å². The van der Waals surface area contributed by atoms with Crippen LogP contribution in [-0.4, -0.2) is 39.5 Å². The first-order chi connectivity index (χ1) is 15.1. The second kappa shape index (κ2) is 10.8. The Balaban J connectivity index is 0.00000204. The molecule has 0 saturated heterocycles. The van der Waals surface area contributed by atoms with Crippen molar-refractivity contribution < 1.29 is 13.5 Å². The van der Waals surface area contributed by atoms with Gasteiger partial charge in [0, 0.05) is 38.9 Å². The molecule has 2 atom stereocenters. The Morgan fingerprint density at radius 1 is 1.09 bits per heavy atom. The Morgan fingerprint density at radius 3 is 2.44 bits per heavy atom. The van der Waals surface area contributed by atoms with E-state index in [4.69, 9.17) is 28.2 Å². The highest BCUT2D eigenvalue weighted by Crippen LogP contribution is 2.41. The fraction of sp³-hybridized carbons (Fsp3) is 0.227. The molecule has 0 bridgehead atoms. The van der Waals surface area contributed by atoms with Crippen molar-refractivity contribution in [1.29, 1.82) is 0 Å². The fourth-order valence-electron chi connectivity index (χ4n) is 3.69. The first-order valence-electron chi connectivity index (χ1n) is 9.69. The number of nitrogens with zero attached hydrogens (tertiary/aromatic N) is 4. The van der Waals surface area contributed by atoms with Crippen LogP contribution in [0, 0.1) is 0 Å². The van der Waals surface area contributed by atoms with Crippen molar-refractivity contribution in [2.24, 2.45) is 0 Å². The summed E-state index contributed by atoms with van der Waals surface area (Å²) in [4.78, 5) is 8.88. The minimum absolute atomic E-state index is 0. The van der Waals surface area contributed by atoms with Crippen LogP contribution in [-0.2, 0) is 22.0 Å². The first kappa shape index (κ1) is 28.3. The van der Waals surface area contributed by atoms with Crippen LogP contribution >= 0.6 is 48.0 Å². The van der Waals surface area contributed by atoms with Crippen molar-refractivity contribution in [3.8, 4) is 0 Å². The van der Waals surface area contributed by atoms with Gasteiger partial charge in [-0.3, -0.25) is 4.98 Å². The summed E-state index contributed by atoms with van der Waals surface area (Å²) in [5.74, 6) is -0.510. The predicted octanol–water partition coefficient (Wildman–Crippen LogP) is 5.07. The summed E-state index contributed by atoms with van der Waals surface area (Å²) in [6.45, 7) is 1.93. The summed E-state index contributed by atoms with van der Waals surface area (Å²) in [5.41, 5.74) is 0.231. The van der Waals surface area contributed by atoms with E-state index in [1.807, 2.05) is 6.92 Å². The van der Waals surface area contributed by atoms with Crippen LogP contribution in [0.4, 0.5) is 0 Å². The van der Waals surface area contributed by atoms with Gasteiger partial charge in [-0.05, 0) is 36.4 Å². The summed E-state index contributed by atoms with van der Waals surface area (Å²) in [7, 11) is -3.33. The Hall–Kier alpha value is -1.94. The monoisotopic (exact) mass is 562 g/mol. The van der Waals surface area contributed by atoms with Gasteiger partial charge in [-0.15, -0.1) is 24.8 Å². The largest absolute Gasteiger partial charge is 0.382 e. The van der Waals surface area contributed by atoms with Crippen LogP contribution in [0.5, 0.6) is 0 Å². The molecule has 34 heavy (non-hydrogen) atoms. The van der Waals surface area contributed by atoms with Crippen LogP contribution < -0.4 is 0 Å². The van der Waals surface area contributed by atoms with Gasteiger partial charge in [0.15, 0.2) is 9.84 Å². The SMILES string of the molecule is CC(c1ccc2cc(S(C)(=O)=O)ccc2n1)C(O)(Cn1cncn1)c1ccc(Cl)cc1Cl.Cl.Cl. The number of aromatic nitrogens is 4. The van der Waals surface area contributed by atoms with Crippen LogP contribution in [0.2, 0.25) is 10.0 Å². The van der Waals surface area contributed by atoms with Crippen LogP contribution in [0.25, 0.3) is 10.9 Å². The number of sulfone groups is 1. The summed E-state index contributed by atoms with van der Waals surface area (Å²) >= 11 is 12.5. The maximum absolute atomic E-state index is 11.9. The standard InChI is InChI=1S/C22H20Cl2N4O3S.2ClH/c1-14(20-7-3-15-9-17(32(2,30)31)5-8-21(15)27-20)22(29,11-28-13-25-12-26-28)18-6-4-16(23)10-19(18)24;;/h3-10,12-14,29H,11H2,1-2H3;2*1H. The molecule has 0 aliphatic rings. The van der Waals surface area contributed by atoms with Crippen molar-refractivity contribution >= 4 is 68.8 Å². The number of hydrogen-bond acceptors (Lipinski definition) is 6. The molecule has 0 aliphatic heterocycles. The van der Waals surface area contributed by atoms with Gasteiger partial charge in [-0.25, -0.2) is 18.1 Å². The van der Waals surface area contributed by atoms with E-state index in [0.29, 0.717) is 32.2 Å². The van der Waals surface area contributed by atoms with E-state index in [2.05, 4.69) is 10.1 Å². The second-order valence-corrected chi connectivity index (χ2v) is 10.6. The molecule has 4 aromatic rings. The maximum Gasteiger partial charge on any atom is 0.175 e. The molecular formula is C22H22Cl4N4O3S. The van der Waals surface area contributed by atoms with Crippen molar-refractivity contribution in [2.45, 2.75) is 29.9 Å².